The molecule has 0 atom stereocenters. The molecule has 1 aromatic carbocycles. The molecule has 2 rings (SSSR count). The van der Waals surface area contributed by atoms with Crippen LogP contribution >= 0.6 is 11.6 Å². The molecule has 8 heteroatoms. The molecule has 20 heavy (non-hydrogen) atoms. The molecule has 1 heterocycles. The van der Waals surface area contributed by atoms with E-state index in [0.29, 0.717) is 0 Å². The molecule has 0 N–H and O–H groups in total. The maximum atomic E-state index is 12.9. The molecule has 1 aromatic heterocycles. The number of carbonyl (C=O) groups is 1. The average Bonchev–Trinajstić information content (AvgIpc) is 2.32. The van der Waals surface area contributed by atoms with Gasteiger partial charge in [0.05, 0.1) is 23.0 Å². The molecule has 0 amide bonds. The zero-order chi connectivity index (χ0) is 15.1. The molecule has 4 nitrogen and oxygen atoms in total. The van der Waals surface area contributed by atoms with Crippen LogP contribution in [0.25, 0.3) is 10.9 Å². The number of carbonyl (C=O) groups excluding carboxylic acids is 1. The van der Waals surface area contributed by atoms with E-state index in [1.54, 1.807) is 0 Å². The van der Waals surface area contributed by atoms with Gasteiger partial charge in [0.15, 0.2) is 0 Å². The van der Waals surface area contributed by atoms with Crippen LogP contribution in [0.1, 0.15) is 12.5 Å². The molecule has 0 saturated heterocycles. The van der Waals surface area contributed by atoms with Crippen molar-refractivity contribution >= 4 is 28.3 Å². The van der Waals surface area contributed by atoms with Gasteiger partial charge in [-0.1, -0.05) is 6.07 Å². The molecule has 0 fully saturated rings. The summed E-state index contributed by atoms with van der Waals surface area (Å²) in [4.78, 5) is 26.9. The third kappa shape index (κ3) is 2.53. The second-order valence-corrected chi connectivity index (χ2v) is 4.51. The lowest BCUT2D eigenvalue weighted by atomic mass is 10.1. The van der Waals surface area contributed by atoms with Crippen molar-refractivity contribution in [2.24, 2.45) is 0 Å². The van der Waals surface area contributed by atoms with Crippen LogP contribution < -0.4 is 5.56 Å². The Labute approximate surface area is 115 Å². The number of halogens is 4. The second kappa shape index (κ2) is 4.90. The van der Waals surface area contributed by atoms with Crippen molar-refractivity contribution in [3.63, 3.8) is 0 Å². The zero-order valence-corrected chi connectivity index (χ0v) is 10.9. The van der Waals surface area contributed by atoms with E-state index in [1.807, 2.05) is 0 Å². The molecule has 0 saturated carbocycles. The molecule has 0 radical (unpaired) electrons. The van der Waals surface area contributed by atoms with Gasteiger partial charge in [0.2, 0.25) is 5.28 Å². The summed E-state index contributed by atoms with van der Waals surface area (Å²) in [6, 6.07) is 3.19. The Morgan fingerprint density at radius 2 is 2.05 bits per heavy atom. The van der Waals surface area contributed by atoms with Crippen molar-refractivity contribution in [1.82, 2.24) is 9.55 Å². The summed E-state index contributed by atoms with van der Waals surface area (Å²) in [6.07, 6.45) is -4.69. The largest absolute Gasteiger partial charge is 0.417 e. The first-order chi connectivity index (χ1) is 9.21. The van der Waals surface area contributed by atoms with Gasteiger partial charge >= 0.3 is 6.18 Å². The average molecular weight is 305 g/mol. The van der Waals surface area contributed by atoms with E-state index < -0.39 is 35.0 Å². The Morgan fingerprint density at radius 3 is 2.60 bits per heavy atom. The predicted octanol–water partition coefficient (Wildman–Crippen LogP) is 2.66. The van der Waals surface area contributed by atoms with Gasteiger partial charge in [-0.2, -0.15) is 13.2 Å². The number of benzene rings is 1. The number of alkyl halides is 3. The van der Waals surface area contributed by atoms with E-state index in [1.165, 1.54) is 13.0 Å². The molecule has 0 spiro atoms. The molecule has 0 aliphatic carbocycles. The molecule has 0 unspecified atom stereocenters. The maximum absolute atomic E-state index is 12.9. The standard InChI is InChI=1S/C12H8ClF3N2O2/c1-6(19)5-18-10(20)9-7(12(14,15)16)3-2-4-8(9)17-11(18)13/h2-4H,5H2,1H3. The highest BCUT2D eigenvalue weighted by atomic mass is 35.5. The van der Waals surface area contributed by atoms with Gasteiger partial charge in [-0.15, -0.1) is 0 Å². The lowest BCUT2D eigenvalue weighted by molar-refractivity contribution is -0.136. The third-order valence-corrected chi connectivity index (χ3v) is 2.91. The Kier molecular flexibility index (Phi) is 3.56. The lowest BCUT2D eigenvalue weighted by Crippen LogP contribution is -2.27. The van der Waals surface area contributed by atoms with Crippen molar-refractivity contribution in [3.05, 3.63) is 39.4 Å². The maximum Gasteiger partial charge on any atom is 0.417 e. The number of rotatable bonds is 2. The monoisotopic (exact) mass is 304 g/mol. The van der Waals surface area contributed by atoms with Gasteiger partial charge < -0.3 is 0 Å². The number of nitrogens with zero attached hydrogens (tertiary/aromatic N) is 2. The zero-order valence-electron chi connectivity index (χ0n) is 10.2. The van der Waals surface area contributed by atoms with E-state index in [4.69, 9.17) is 11.6 Å². The SMILES string of the molecule is CC(=O)Cn1c(Cl)nc2cccc(C(F)(F)F)c2c1=O. The summed E-state index contributed by atoms with van der Waals surface area (Å²) in [5, 5.41) is -0.914. The summed E-state index contributed by atoms with van der Waals surface area (Å²) in [6.45, 7) is 0.773. The summed E-state index contributed by atoms with van der Waals surface area (Å²) in [5.41, 5.74) is -2.24. The molecule has 106 valence electrons. The smallest absolute Gasteiger partial charge is 0.298 e. The molecule has 2 aromatic rings. The van der Waals surface area contributed by atoms with E-state index in [-0.39, 0.29) is 10.8 Å². The van der Waals surface area contributed by atoms with Gasteiger partial charge in [-0.05, 0) is 30.7 Å². The summed E-state index contributed by atoms with van der Waals surface area (Å²) in [5.74, 6) is -0.417. The second-order valence-electron chi connectivity index (χ2n) is 4.17. The van der Waals surface area contributed by atoms with Crippen molar-refractivity contribution in [1.29, 1.82) is 0 Å². The quantitative estimate of drug-likeness (QED) is 0.802. The first-order valence-electron chi connectivity index (χ1n) is 5.47. The van der Waals surface area contributed by atoms with E-state index in [9.17, 15) is 22.8 Å². The number of hydrogen-bond donors (Lipinski definition) is 0. The van der Waals surface area contributed by atoms with Gasteiger partial charge in [-0.25, -0.2) is 4.98 Å². The summed E-state index contributed by atoms with van der Waals surface area (Å²) >= 11 is 5.74. The number of Topliss-reactive ketones (excluding diaryl/α,β-unsaturated/α-hetero) is 1. The van der Waals surface area contributed by atoms with Crippen molar-refractivity contribution < 1.29 is 18.0 Å². The molecular formula is C12H8ClF3N2O2. The fourth-order valence-corrected chi connectivity index (χ4v) is 2.06. The lowest BCUT2D eigenvalue weighted by Gasteiger charge is -2.12. The minimum absolute atomic E-state index is 0.158. The number of hydrogen-bond acceptors (Lipinski definition) is 3. The van der Waals surface area contributed by atoms with Crippen LogP contribution in [0.2, 0.25) is 5.28 Å². The van der Waals surface area contributed by atoms with Crippen molar-refractivity contribution in [3.8, 4) is 0 Å². The topological polar surface area (TPSA) is 52.0 Å². The van der Waals surface area contributed by atoms with Crippen LogP contribution in [0.4, 0.5) is 13.2 Å². The molecule has 0 aliphatic rings. The number of aromatic nitrogens is 2. The van der Waals surface area contributed by atoms with Gasteiger partial charge in [0.1, 0.15) is 5.78 Å². The highest BCUT2D eigenvalue weighted by Gasteiger charge is 2.34. The Balaban J connectivity index is 2.88. The van der Waals surface area contributed by atoms with E-state index in [2.05, 4.69) is 4.98 Å². The molecule has 0 aliphatic heterocycles. The van der Waals surface area contributed by atoms with E-state index in [0.717, 1.165) is 16.7 Å². The normalized spacial score (nSPS) is 11.8. The van der Waals surface area contributed by atoms with Crippen molar-refractivity contribution in [2.75, 3.05) is 0 Å². The van der Waals surface area contributed by atoms with Crippen LogP contribution in [-0.4, -0.2) is 15.3 Å². The minimum atomic E-state index is -4.69. The summed E-state index contributed by atoms with van der Waals surface area (Å²) in [7, 11) is 0. The molecule has 0 bridgehead atoms. The highest BCUT2D eigenvalue weighted by Crippen LogP contribution is 2.33. The fourth-order valence-electron chi connectivity index (χ4n) is 1.83. The molecular weight excluding hydrogens is 297 g/mol. The Bertz CT molecular complexity index is 753. The highest BCUT2D eigenvalue weighted by molar-refractivity contribution is 6.28. The van der Waals surface area contributed by atoms with Gasteiger partial charge in [-0.3, -0.25) is 14.2 Å². The van der Waals surface area contributed by atoms with Crippen LogP contribution in [0.5, 0.6) is 0 Å². The van der Waals surface area contributed by atoms with Crippen LogP contribution in [0.15, 0.2) is 23.0 Å². The minimum Gasteiger partial charge on any atom is -0.298 e. The van der Waals surface area contributed by atoms with Crippen LogP contribution in [0.3, 0.4) is 0 Å². The Morgan fingerprint density at radius 1 is 1.40 bits per heavy atom. The van der Waals surface area contributed by atoms with Gasteiger partial charge in [0, 0.05) is 0 Å². The summed E-state index contributed by atoms with van der Waals surface area (Å²) < 4.78 is 39.5. The number of ketones is 1. The predicted molar refractivity (Wildman–Crippen MR) is 66.7 cm³/mol. The van der Waals surface area contributed by atoms with Gasteiger partial charge in [0.25, 0.3) is 5.56 Å². The van der Waals surface area contributed by atoms with Crippen molar-refractivity contribution in [2.45, 2.75) is 19.6 Å². The fraction of sp³-hybridized carbons (Fsp3) is 0.250. The van der Waals surface area contributed by atoms with E-state index >= 15 is 0 Å². The number of fused-ring (bicyclic) bond motifs is 1. The first kappa shape index (κ1) is 14.5. The Hall–Kier alpha value is -1.89. The third-order valence-electron chi connectivity index (χ3n) is 2.62. The first-order valence-corrected chi connectivity index (χ1v) is 5.85. The van der Waals surface area contributed by atoms with Crippen LogP contribution in [-0.2, 0) is 17.5 Å². The van der Waals surface area contributed by atoms with Crippen LogP contribution in [0, 0.1) is 0 Å².